The van der Waals surface area contributed by atoms with Crippen LogP contribution in [-0.4, -0.2) is 41.4 Å². The average molecular weight is 450 g/mol. The van der Waals surface area contributed by atoms with Crippen molar-refractivity contribution in [2.24, 2.45) is 5.92 Å². The fourth-order valence-corrected chi connectivity index (χ4v) is 4.74. The monoisotopic (exact) mass is 449 g/mol. The van der Waals surface area contributed by atoms with Crippen molar-refractivity contribution in [3.05, 3.63) is 39.4 Å². The van der Waals surface area contributed by atoms with Crippen LogP contribution in [0.1, 0.15) is 49.7 Å². The van der Waals surface area contributed by atoms with Crippen molar-refractivity contribution in [1.82, 2.24) is 10.2 Å². The number of hydrogen-bond donors (Lipinski definition) is 1. The summed E-state index contributed by atoms with van der Waals surface area (Å²) in [6.45, 7) is 0.962. The van der Waals surface area contributed by atoms with Gasteiger partial charge in [-0.1, -0.05) is 18.9 Å². The van der Waals surface area contributed by atoms with Gasteiger partial charge >= 0.3 is 6.18 Å². The Kier molecular flexibility index (Phi) is 8.10. The Labute approximate surface area is 179 Å². The number of hydrogen-bond acceptors (Lipinski definition) is 4. The quantitative estimate of drug-likeness (QED) is 0.535. The van der Waals surface area contributed by atoms with Crippen molar-refractivity contribution in [2.45, 2.75) is 63.2 Å². The lowest BCUT2D eigenvalue weighted by molar-refractivity contribution is -0.385. The molecule has 1 amide bonds. The molecule has 1 heterocycles. The van der Waals surface area contributed by atoms with Gasteiger partial charge in [0.2, 0.25) is 5.91 Å². The molecule has 1 aliphatic heterocycles. The average Bonchev–Trinajstić information content (AvgIpc) is 3.21. The number of nitro benzene ring substituents is 1. The number of alkyl halides is 3. The fraction of sp³-hybridized carbons (Fsp3) is 0.650. The van der Waals surface area contributed by atoms with E-state index in [1.807, 2.05) is 0 Å². The van der Waals surface area contributed by atoms with Gasteiger partial charge in [-0.2, -0.15) is 13.2 Å². The van der Waals surface area contributed by atoms with Crippen LogP contribution < -0.4 is 5.32 Å². The molecule has 6 nitrogen and oxygen atoms in total. The molecule has 3 unspecified atom stereocenters. The Morgan fingerprint density at radius 2 is 1.93 bits per heavy atom. The molecule has 1 N–H and O–H groups in total. The van der Waals surface area contributed by atoms with Gasteiger partial charge in [0, 0.05) is 31.3 Å². The molecule has 0 radical (unpaired) electrons. The fourth-order valence-electron chi connectivity index (χ4n) is 4.74. The summed E-state index contributed by atoms with van der Waals surface area (Å²) in [5, 5.41) is 14.3. The van der Waals surface area contributed by atoms with Crippen molar-refractivity contribution in [1.29, 1.82) is 0 Å². The molecular weight excluding hydrogens is 423 g/mol. The molecule has 0 aromatic heterocycles. The molecule has 3 atom stereocenters. The van der Waals surface area contributed by atoms with Gasteiger partial charge in [-0.15, -0.1) is 12.4 Å². The number of carbonyl (C=O) groups excluding carboxylic acids is 1. The van der Waals surface area contributed by atoms with Crippen LogP contribution in [0.5, 0.6) is 0 Å². The first-order valence-corrected chi connectivity index (χ1v) is 10.0. The lowest BCUT2D eigenvalue weighted by Crippen LogP contribution is -2.50. The lowest BCUT2D eigenvalue weighted by atomic mass is 9.78. The van der Waals surface area contributed by atoms with E-state index in [9.17, 15) is 28.1 Å². The molecular formula is C20H27ClF3N3O3. The highest BCUT2D eigenvalue weighted by molar-refractivity contribution is 5.85. The number of rotatable bonds is 5. The third kappa shape index (κ3) is 5.43. The maximum Gasteiger partial charge on any atom is 0.416 e. The second-order valence-electron chi connectivity index (χ2n) is 8.00. The van der Waals surface area contributed by atoms with E-state index in [-0.39, 0.29) is 29.9 Å². The van der Waals surface area contributed by atoms with Crippen LogP contribution in [0.3, 0.4) is 0 Å². The van der Waals surface area contributed by atoms with Crippen LogP contribution in [0.4, 0.5) is 18.9 Å². The van der Waals surface area contributed by atoms with Crippen molar-refractivity contribution in [3.8, 4) is 0 Å². The van der Waals surface area contributed by atoms with E-state index in [1.54, 1.807) is 11.9 Å². The zero-order valence-corrected chi connectivity index (χ0v) is 17.6. The minimum atomic E-state index is -4.76. The third-order valence-corrected chi connectivity index (χ3v) is 6.24. The van der Waals surface area contributed by atoms with Crippen LogP contribution in [0.25, 0.3) is 0 Å². The third-order valence-electron chi connectivity index (χ3n) is 6.24. The Balaban J connectivity index is 0.00000320. The van der Waals surface area contributed by atoms with Gasteiger partial charge in [0.25, 0.3) is 5.69 Å². The largest absolute Gasteiger partial charge is 0.416 e. The van der Waals surface area contributed by atoms with Crippen molar-refractivity contribution in [3.63, 3.8) is 0 Å². The molecule has 1 aliphatic carbocycles. The zero-order valence-electron chi connectivity index (χ0n) is 16.8. The van der Waals surface area contributed by atoms with Gasteiger partial charge in [0.1, 0.15) is 0 Å². The van der Waals surface area contributed by atoms with Crippen molar-refractivity contribution >= 4 is 24.0 Å². The summed E-state index contributed by atoms with van der Waals surface area (Å²) in [7, 11) is 1.67. The normalized spacial score (nSPS) is 24.2. The number of nitrogens with zero attached hydrogens (tertiary/aromatic N) is 2. The lowest BCUT2D eigenvalue weighted by Gasteiger charge is -2.41. The summed E-state index contributed by atoms with van der Waals surface area (Å²) in [6.07, 6.45) is 0.917. The highest BCUT2D eigenvalue weighted by Gasteiger charge is 2.38. The molecule has 2 fully saturated rings. The molecule has 1 saturated carbocycles. The molecule has 1 saturated heterocycles. The first-order chi connectivity index (χ1) is 13.7. The maximum absolute atomic E-state index is 13.4. The second kappa shape index (κ2) is 9.96. The highest BCUT2D eigenvalue weighted by Crippen LogP contribution is 2.36. The molecule has 1 aromatic carbocycles. The SMILES string of the molecule is CN(C(=O)Cc1ccc([N+](=O)[O-])cc1C(F)(F)F)C1CCCCC1C1CCCN1.Cl. The molecule has 30 heavy (non-hydrogen) atoms. The minimum Gasteiger partial charge on any atom is -0.342 e. The summed E-state index contributed by atoms with van der Waals surface area (Å²) >= 11 is 0. The van der Waals surface area contributed by atoms with Crippen LogP contribution in [-0.2, 0) is 17.4 Å². The Morgan fingerprint density at radius 3 is 2.53 bits per heavy atom. The molecule has 2 aliphatic rings. The van der Waals surface area contributed by atoms with E-state index in [4.69, 9.17) is 0 Å². The van der Waals surface area contributed by atoms with Gasteiger partial charge in [0.15, 0.2) is 0 Å². The predicted octanol–water partition coefficient (Wildman–Crippen LogP) is 4.35. The number of likely N-dealkylation sites (N-methyl/N-ethyl adjacent to an activating group) is 1. The number of halogens is 4. The van der Waals surface area contributed by atoms with Gasteiger partial charge in [-0.05, 0) is 43.7 Å². The van der Waals surface area contributed by atoms with Crippen molar-refractivity contribution < 1.29 is 22.9 Å². The number of nitrogens with one attached hydrogen (secondary N) is 1. The molecule has 0 spiro atoms. The Morgan fingerprint density at radius 1 is 1.23 bits per heavy atom. The summed E-state index contributed by atoms with van der Waals surface area (Å²) in [5.41, 5.74) is -1.99. The molecule has 1 aromatic rings. The molecule has 3 rings (SSSR count). The summed E-state index contributed by atoms with van der Waals surface area (Å²) in [6, 6.07) is 2.92. The topological polar surface area (TPSA) is 75.5 Å². The van der Waals surface area contributed by atoms with E-state index in [1.165, 1.54) is 0 Å². The maximum atomic E-state index is 13.4. The van der Waals surface area contributed by atoms with E-state index in [0.29, 0.717) is 18.0 Å². The molecule has 0 bridgehead atoms. The van der Waals surface area contributed by atoms with Crippen molar-refractivity contribution in [2.75, 3.05) is 13.6 Å². The van der Waals surface area contributed by atoms with Gasteiger partial charge in [-0.3, -0.25) is 14.9 Å². The Bertz CT molecular complexity index is 769. The number of carbonyl (C=O) groups is 1. The summed E-state index contributed by atoms with van der Waals surface area (Å²) in [4.78, 5) is 24.5. The molecule has 168 valence electrons. The van der Waals surface area contributed by atoms with Gasteiger partial charge < -0.3 is 10.2 Å². The number of nitro groups is 1. The smallest absolute Gasteiger partial charge is 0.342 e. The first kappa shape index (κ1) is 24.4. The van der Waals surface area contributed by atoms with E-state index in [0.717, 1.165) is 57.2 Å². The predicted molar refractivity (Wildman–Crippen MR) is 109 cm³/mol. The molecule has 10 heteroatoms. The van der Waals surface area contributed by atoms with Crippen LogP contribution >= 0.6 is 12.4 Å². The number of benzene rings is 1. The number of non-ortho nitro benzene ring substituents is 1. The summed E-state index contributed by atoms with van der Waals surface area (Å²) < 4.78 is 40.2. The standard InChI is InChI=1S/C20H26F3N3O3.ClH/c1-25(18-7-3-2-5-15(18)17-6-4-10-24-17)19(27)11-13-8-9-14(26(28)29)12-16(13)20(21,22)23;/h8-9,12,15,17-18,24H,2-7,10-11H2,1H3;1H. The van der Waals surface area contributed by atoms with Crippen LogP contribution in [0.15, 0.2) is 18.2 Å². The minimum absolute atomic E-state index is 0. The highest BCUT2D eigenvalue weighted by atomic mass is 35.5. The van der Waals surface area contributed by atoms with Gasteiger partial charge in [-0.25, -0.2) is 0 Å². The second-order valence-corrected chi connectivity index (χ2v) is 8.00. The van der Waals surface area contributed by atoms with E-state index >= 15 is 0 Å². The first-order valence-electron chi connectivity index (χ1n) is 10.0. The zero-order chi connectivity index (χ0) is 21.2. The van der Waals surface area contributed by atoms with Crippen LogP contribution in [0, 0.1) is 16.0 Å². The Hall–Kier alpha value is -1.87. The van der Waals surface area contributed by atoms with E-state index in [2.05, 4.69) is 5.32 Å². The van der Waals surface area contributed by atoms with Gasteiger partial charge in [0.05, 0.1) is 16.9 Å². The number of amides is 1. The van der Waals surface area contributed by atoms with Crippen LogP contribution in [0.2, 0.25) is 0 Å². The summed E-state index contributed by atoms with van der Waals surface area (Å²) in [5.74, 6) is -0.0848. The van der Waals surface area contributed by atoms with E-state index < -0.39 is 28.8 Å².